The second-order valence-corrected chi connectivity index (χ2v) is 7.77. The fourth-order valence-electron chi connectivity index (χ4n) is 2.33. The summed E-state index contributed by atoms with van der Waals surface area (Å²) < 4.78 is 0. The first-order chi connectivity index (χ1) is 12.9. The van der Waals surface area contributed by atoms with E-state index in [1.165, 1.54) is 29.5 Å². The van der Waals surface area contributed by atoms with Crippen molar-refractivity contribution in [1.29, 1.82) is 0 Å². The highest BCUT2D eigenvalue weighted by Crippen LogP contribution is 2.32. The minimum absolute atomic E-state index is 0.00818. The molecular formula is C20H14Cl2N2O2S. The molecule has 0 aliphatic carbocycles. The highest BCUT2D eigenvalue weighted by Gasteiger charge is 2.11. The van der Waals surface area contributed by atoms with Crippen molar-refractivity contribution in [2.45, 2.75) is 16.7 Å². The van der Waals surface area contributed by atoms with Crippen LogP contribution in [-0.4, -0.2) is 11.1 Å². The van der Waals surface area contributed by atoms with E-state index >= 15 is 0 Å². The van der Waals surface area contributed by atoms with Gasteiger partial charge in [0.25, 0.3) is 5.69 Å². The summed E-state index contributed by atoms with van der Waals surface area (Å²) in [7, 11) is 0. The van der Waals surface area contributed by atoms with E-state index in [9.17, 15) is 10.1 Å². The summed E-state index contributed by atoms with van der Waals surface area (Å²) >= 11 is 13.5. The smallest absolute Gasteiger partial charge is 0.258 e. The van der Waals surface area contributed by atoms with Crippen LogP contribution in [-0.2, 0) is 0 Å². The monoisotopic (exact) mass is 416 g/mol. The van der Waals surface area contributed by atoms with Crippen molar-refractivity contribution in [2.75, 3.05) is 0 Å². The fraction of sp³-hybridized carbons (Fsp3) is 0.0500. The van der Waals surface area contributed by atoms with Gasteiger partial charge in [0.15, 0.2) is 0 Å². The largest absolute Gasteiger partial charge is 0.270 e. The summed E-state index contributed by atoms with van der Waals surface area (Å²) in [6.07, 6.45) is 1.59. The van der Waals surface area contributed by atoms with Crippen LogP contribution in [0.1, 0.15) is 11.1 Å². The Labute approximate surface area is 171 Å². The molecule has 0 radical (unpaired) electrons. The molecule has 0 saturated heterocycles. The quantitative estimate of drug-likeness (QED) is 0.252. The first-order valence-electron chi connectivity index (χ1n) is 7.94. The number of aryl methyl sites for hydroxylation is 1. The van der Waals surface area contributed by atoms with Gasteiger partial charge in [0.1, 0.15) is 0 Å². The third-order valence-corrected chi connectivity index (χ3v) is 5.19. The Morgan fingerprint density at radius 3 is 2.30 bits per heavy atom. The van der Waals surface area contributed by atoms with Crippen LogP contribution in [0.4, 0.5) is 11.4 Å². The van der Waals surface area contributed by atoms with Crippen molar-refractivity contribution in [2.24, 2.45) is 4.99 Å². The van der Waals surface area contributed by atoms with E-state index < -0.39 is 4.92 Å². The molecule has 27 heavy (non-hydrogen) atoms. The topological polar surface area (TPSA) is 55.5 Å². The highest BCUT2D eigenvalue weighted by atomic mass is 35.5. The zero-order valence-electron chi connectivity index (χ0n) is 14.2. The van der Waals surface area contributed by atoms with Gasteiger partial charge in [-0.2, -0.15) is 0 Å². The minimum Gasteiger partial charge on any atom is -0.258 e. The maximum absolute atomic E-state index is 11.1. The number of nitro groups is 1. The number of nitrogens with zero attached hydrogens (tertiary/aromatic N) is 2. The summed E-state index contributed by atoms with van der Waals surface area (Å²) in [6.45, 7) is 2.02. The van der Waals surface area contributed by atoms with E-state index in [1.807, 2.05) is 31.2 Å². The Bertz CT molecular complexity index is 1000. The lowest BCUT2D eigenvalue weighted by atomic mass is 10.2. The summed E-state index contributed by atoms with van der Waals surface area (Å²) in [5, 5.41) is 12.1. The third kappa shape index (κ3) is 5.32. The Kier molecular flexibility index (Phi) is 6.16. The van der Waals surface area contributed by atoms with Crippen LogP contribution in [0.15, 0.2) is 75.4 Å². The Morgan fingerprint density at radius 1 is 1.00 bits per heavy atom. The van der Waals surface area contributed by atoms with Gasteiger partial charge in [-0.25, -0.2) is 0 Å². The molecule has 0 aromatic heterocycles. The van der Waals surface area contributed by atoms with E-state index in [1.54, 1.807) is 30.5 Å². The predicted octanol–water partition coefficient (Wildman–Crippen LogP) is 7.11. The number of rotatable bonds is 5. The molecule has 3 rings (SSSR count). The molecule has 3 aromatic rings. The molecule has 4 nitrogen and oxygen atoms in total. The maximum atomic E-state index is 11.1. The van der Waals surface area contributed by atoms with E-state index in [-0.39, 0.29) is 5.69 Å². The van der Waals surface area contributed by atoms with Crippen LogP contribution in [0.2, 0.25) is 10.0 Å². The van der Waals surface area contributed by atoms with Crippen molar-refractivity contribution >= 4 is 52.6 Å². The molecule has 0 heterocycles. The van der Waals surface area contributed by atoms with Gasteiger partial charge in [0.2, 0.25) is 0 Å². The molecule has 0 aliphatic rings. The summed E-state index contributed by atoms with van der Waals surface area (Å²) in [6, 6.07) is 17.8. The molecule has 0 spiro atoms. The van der Waals surface area contributed by atoms with Gasteiger partial charge in [0, 0.05) is 43.7 Å². The van der Waals surface area contributed by atoms with Crippen LogP contribution in [0.5, 0.6) is 0 Å². The zero-order valence-corrected chi connectivity index (χ0v) is 16.6. The van der Waals surface area contributed by atoms with Crippen LogP contribution in [0.3, 0.4) is 0 Å². The molecule has 136 valence electrons. The lowest BCUT2D eigenvalue weighted by molar-refractivity contribution is -0.384. The second-order valence-electron chi connectivity index (χ2n) is 5.78. The fourth-order valence-corrected chi connectivity index (χ4v) is 3.74. The van der Waals surface area contributed by atoms with Crippen molar-refractivity contribution in [3.8, 4) is 0 Å². The summed E-state index contributed by atoms with van der Waals surface area (Å²) in [5.41, 5.74) is 2.40. The van der Waals surface area contributed by atoms with Crippen LogP contribution in [0.25, 0.3) is 0 Å². The Morgan fingerprint density at radius 2 is 1.67 bits per heavy atom. The Hall–Kier alpha value is -2.34. The molecule has 0 bridgehead atoms. The first-order valence-corrected chi connectivity index (χ1v) is 9.51. The number of non-ortho nitro benzene ring substituents is 1. The molecule has 0 saturated carbocycles. The van der Waals surface area contributed by atoms with E-state index in [2.05, 4.69) is 4.99 Å². The molecule has 7 heteroatoms. The molecular weight excluding hydrogens is 403 g/mol. The third-order valence-electron chi connectivity index (χ3n) is 3.65. The number of aliphatic imine (C=N–C) groups is 1. The van der Waals surface area contributed by atoms with Crippen molar-refractivity contribution in [1.82, 2.24) is 0 Å². The lowest BCUT2D eigenvalue weighted by Gasteiger charge is -2.06. The lowest BCUT2D eigenvalue weighted by Crippen LogP contribution is -1.92. The van der Waals surface area contributed by atoms with Crippen LogP contribution < -0.4 is 0 Å². The molecule has 3 aromatic carbocycles. The number of halogens is 2. The van der Waals surface area contributed by atoms with Crippen LogP contribution in [0, 0.1) is 17.0 Å². The molecule has 0 fully saturated rings. The van der Waals surface area contributed by atoms with Gasteiger partial charge in [-0.1, -0.05) is 52.7 Å². The van der Waals surface area contributed by atoms with Crippen molar-refractivity contribution < 1.29 is 4.92 Å². The standard InChI is InChI=1S/C20H14Cl2N2O2S/c1-13-2-5-19(6-3-13)27-20-7-4-18(24(25)26)8-14(20)12-23-17-10-15(21)9-16(22)11-17/h2-12H,1H3. The first kappa shape index (κ1) is 19.4. The maximum Gasteiger partial charge on any atom is 0.270 e. The number of hydrogen-bond acceptors (Lipinski definition) is 4. The van der Waals surface area contributed by atoms with Gasteiger partial charge in [0.05, 0.1) is 10.6 Å². The van der Waals surface area contributed by atoms with E-state index in [0.717, 1.165) is 9.79 Å². The molecule has 0 unspecified atom stereocenters. The van der Waals surface area contributed by atoms with Gasteiger partial charge in [-0.05, 0) is 43.3 Å². The number of hydrogen-bond donors (Lipinski definition) is 0. The summed E-state index contributed by atoms with van der Waals surface area (Å²) in [4.78, 5) is 17.0. The van der Waals surface area contributed by atoms with Crippen LogP contribution >= 0.6 is 35.0 Å². The van der Waals surface area contributed by atoms with E-state index in [4.69, 9.17) is 23.2 Å². The average molecular weight is 417 g/mol. The van der Waals surface area contributed by atoms with E-state index in [0.29, 0.717) is 21.3 Å². The second kappa shape index (κ2) is 8.57. The molecule has 0 aliphatic heterocycles. The SMILES string of the molecule is Cc1ccc(Sc2ccc([N+](=O)[O-])cc2C=Nc2cc(Cl)cc(Cl)c2)cc1. The van der Waals surface area contributed by atoms with Gasteiger partial charge >= 0.3 is 0 Å². The molecule has 0 N–H and O–H groups in total. The number of nitro benzene ring substituents is 1. The normalized spacial score (nSPS) is 11.1. The van der Waals surface area contributed by atoms with Gasteiger partial charge in [-0.3, -0.25) is 15.1 Å². The molecule has 0 amide bonds. The van der Waals surface area contributed by atoms with Crippen molar-refractivity contribution in [3.63, 3.8) is 0 Å². The minimum atomic E-state index is -0.423. The average Bonchev–Trinajstić information content (AvgIpc) is 2.62. The highest BCUT2D eigenvalue weighted by molar-refractivity contribution is 7.99. The zero-order chi connectivity index (χ0) is 19.4. The predicted molar refractivity (Wildman–Crippen MR) is 112 cm³/mol. The van der Waals surface area contributed by atoms with Gasteiger partial charge in [-0.15, -0.1) is 0 Å². The molecule has 0 atom stereocenters. The van der Waals surface area contributed by atoms with Gasteiger partial charge < -0.3 is 0 Å². The van der Waals surface area contributed by atoms with Crippen molar-refractivity contribution in [3.05, 3.63) is 92.0 Å². The Balaban J connectivity index is 1.97. The summed E-state index contributed by atoms with van der Waals surface area (Å²) in [5.74, 6) is 0. The number of benzene rings is 3.